The maximum atomic E-state index is 9.94. The minimum absolute atomic E-state index is 0.223. The molecule has 0 bridgehead atoms. The smallest absolute Gasteiger partial charge is 0.174 e. The van der Waals surface area contributed by atoms with E-state index in [4.69, 9.17) is 20.9 Å². The zero-order chi connectivity index (χ0) is 19.5. The lowest BCUT2D eigenvalue weighted by molar-refractivity contribution is 0.281. The van der Waals surface area contributed by atoms with Crippen LogP contribution >= 0.6 is 27.5 Å². The largest absolute Gasteiger partial charge is 0.457 e. The number of aromatic nitrogens is 1. The van der Waals surface area contributed by atoms with Crippen molar-refractivity contribution in [1.82, 2.24) is 5.16 Å². The van der Waals surface area contributed by atoms with Crippen LogP contribution in [0.3, 0.4) is 0 Å². The molecule has 0 aliphatic heterocycles. The van der Waals surface area contributed by atoms with Gasteiger partial charge in [0.1, 0.15) is 17.2 Å². The number of rotatable bonds is 5. The molecular formula is C22H15BrClNO3. The van der Waals surface area contributed by atoms with Crippen LogP contribution in [0, 0.1) is 0 Å². The number of aliphatic hydroxyl groups is 1. The van der Waals surface area contributed by atoms with Crippen molar-refractivity contribution in [2.75, 3.05) is 0 Å². The van der Waals surface area contributed by atoms with Crippen molar-refractivity contribution in [3.63, 3.8) is 0 Å². The second kappa shape index (κ2) is 8.19. The van der Waals surface area contributed by atoms with Gasteiger partial charge in [-0.1, -0.05) is 50.9 Å². The van der Waals surface area contributed by atoms with Crippen molar-refractivity contribution < 1.29 is 14.4 Å². The Hall–Kier alpha value is -2.60. The second-order valence-corrected chi connectivity index (χ2v) is 7.38. The SMILES string of the molecule is OCc1c(-c2ccc(Oc3ccccc3)cc2)noc1-c1cc(Br)ccc1Cl. The summed E-state index contributed by atoms with van der Waals surface area (Å²) in [5.74, 6) is 1.92. The fraction of sp³-hybridized carbons (Fsp3) is 0.0455. The average Bonchev–Trinajstić information content (AvgIpc) is 3.15. The molecule has 1 N–H and O–H groups in total. The number of hydrogen-bond acceptors (Lipinski definition) is 4. The molecule has 0 saturated carbocycles. The first kappa shape index (κ1) is 18.7. The Morgan fingerprint density at radius 2 is 1.68 bits per heavy atom. The molecule has 4 nitrogen and oxygen atoms in total. The monoisotopic (exact) mass is 455 g/mol. The first-order valence-electron chi connectivity index (χ1n) is 8.54. The van der Waals surface area contributed by atoms with Gasteiger partial charge in [-0.25, -0.2) is 0 Å². The Bertz CT molecular complexity index is 1090. The maximum absolute atomic E-state index is 9.94. The number of nitrogens with zero attached hydrogens (tertiary/aromatic N) is 1. The standard InChI is InChI=1S/C22H15BrClNO3/c23-15-8-11-20(24)18(12-15)22-19(13-26)21(25-28-22)14-6-9-17(10-7-14)27-16-4-2-1-3-5-16/h1-12,26H,13H2. The third-order valence-electron chi connectivity index (χ3n) is 4.23. The Balaban J connectivity index is 1.66. The van der Waals surface area contributed by atoms with Gasteiger partial charge in [0.2, 0.25) is 0 Å². The van der Waals surface area contributed by atoms with Crippen LogP contribution in [0.5, 0.6) is 11.5 Å². The fourth-order valence-electron chi connectivity index (χ4n) is 2.87. The summed E-state index contributed by atoms with van der Waals surface area (Å²) in [4.78, 5) is 0. The molecular weight excluding hydrogens is 442 g/mol. The number of ether oxygens (including phenoxy) is 1. The van der Waals surface area contributed by atoms with Crippen molar-refractivity contribution >= 4 is 27.5 Å². The zero-order valence-corrected chi connectivity index (χ0v) is 16.9. The fourth-order valence-corrected chi connectivity index (χ4v) is 3.44. The minimum Gasteiger partial charge on any atom is -0.457 e. The minimum atomic E-state index is -0.223. The molecule has 1 heterocycles. The first-order chi connectivity index (χ1) is 13.7. The van der Waals surface area contributed by atoms with E-state index in [1.165, 1.54) is 0 Å². The number of halogens is 2. The highest BCUT2D eigenvalue weighted by Gasteiger charge is 2.20. The lowest BCUT2D eigenvalue weighted by atomic mass is 10.0. The van der Waals surface area contributed by atoms with Crippen molar-refractivity contribution in [3.05, 3.63) is 87.9 Å². The predicted octanol–water partition coefficient (Wildman–Crippen LogP) is 6.71. The van der Waals surface area contributed by atoms with Crippen LogP contribution in [0.15, 0.2) is 81.8 Å². The van der Waals surface area contributed by atoms with Gasteiger partial charge >= 0.3 is 0 Å². The highest BCUT2D eigenvalue weighted by molar-refractivity contribution is 9.10. The van der Waals surface area contributed by atoms with E-state index in [2.05, 4.69) is 21.1 Å². The summed E-state index contributed by atoms with van der Waals surface area (Å²) in [7, 11) is 0. The van der Waals surface area contributed by atoms with Crippen LogP contribution in [0.1, 0.15) is 5.56 Å². The van der Waals surface area contributed by atoms with E-state index in [9.17, 15) is 5.11 Å². The predicted molar refractivity (Wildman–Crippen MR) is 113 cm³/mol. The molecule has 140 valence electrons. The molecule has 28 heavy (non-hydrogen) atoms. The van der Waals surface area contributed by atoms with Crippen LogP contribution < -0.4 is 4.74 Å². The van der Waals surface area contributed by atoms with Gasteiger partial charge in [0, 0.05) is 15.6 Å². The summed E-state index contributed by atoms with van der Waals surface area (Å²) in [6.07, 6.45) is 0. The number of aliphatic hydroxyl groups excluding tert-OH is 1. The maximum Gasteiger partial charge on any atom is 0.174 e. The molecule has 0 atom stereocenters. The summed E-state index contributed by atoms with van der Waals surface area (Å²) in [6, 6.07) is 22.5. The molecule has 0 saturated heterocycles. The van der Waals surface area contributed by atoms with Crippen LogP contribution in [0.25, 0.3) is 22.6 Å². The van der Waals surface area contributed by atoms with Crippen molar-refractivity contribution in [2.24, 2.45) is 0 Å². The van der Waals surface area contributed by atoms with Crippen LogP contribution in [-0.2, 0) is 6.61 Å². The van der Waals surface area contributed by atoms with Crippen molar-refractivity contribution in [1.29, 1.82) is 0 Å². The topological polar surface area (TPSA) is 55.5 Å². The number of benzene rings is 3. The Morgan fingerprint density at radius 1 is 0.964 bits per heavy atom. The normalized spacial score (nSPS) is 10.8. The third kappa shape index (κ3) is 3.83. The van der Waals surface area contributed by atoms with Gasteiger partial charge < -0.3 is 14.4 Å². The molecule has 0 unspecified atom stereocenters. The Kier molecular flexibility index (Phi) is 5.48. The van der Waals surface area contributed by atoms with E-state index in [-0.39, 0.29) is 6.61 Å². The van der Waals surface area contributed by atoms with E-state index in [0.717, 1.165) is 15.8 Å². The molecule has 0 aliphatic rings. The lowest BCUT2D eigenvalue weighted by Crippen LogP contribution is -1.90. The highest BCUT2D eigenvalue weighted by Crippen LogP contribution is 2.37. The number of para-hydroxylation sites is 1. The van der Waals surface area contributed by atoms with Crippen LogP contribution in [-0.4, -0.2) is 10.3 Å². The molecule has 6 heteroatoms. The third-order valence-corrected chi connectivity index (χ3v) is 5.05. The molecule has 0 aliphatic carbocycles. The van der Waals surface area contributed by atoms with Gasteiger partial charge in [-0.2, -0.15) is 0 Å². The van der Waals surface area contributed by atoms with Gasteiger partial charge in [0.05, 0.1) is 17.2 Å². The van der Waals surface area contributed by atoms with E-state index in [1.807, 2.05) is 66.7 Å². The van der Waals surface area contributed by atoms with Gasteiger partial charge in [-0.3, -0.25) is 0 Å². The molecule has 3 aromatic carbocycles. The second-order valence-electron chi connectivity index (χ2n) is 6.06. The molecule has 0 spiro atoms. The van der Waals surface area contributed by atoms with E-state index in [1.54, 1.807) is 6.07 Å². The van der Waals surface area contributed by atoms with Gasteiger partial charge in [0.15, 0.2) is 5.76 Å². The summed E-state index contributed by atoms with van der Waals surface area (Å²) in [5, 5.41) is 14.6. The van der Waals surface area contributed by atoms with E-state index < -0.39 is 0 Å². The van der Waals surface area contributed by atoms with Gasteiger partial charge in [-0.15, -0.1) is 0 Å². The first-order valence-corrected chi connectivity index (χ1v) is 9.71. The molecule has 0 amide bonds. The van der Waals surface area contributed by atoms with Crippen LogP contribution in [0.2, 0.25) is 5.02 Å². The molecule has 4 rings (SSSR count). The summed E-state index contributed by atoms with van der Waals surface area (Å²) in [5.41, 5.74) is 2.63. The quantitative estimate of drug-likeness (QED) is 0.363. The summed E-state index contributed by atoms with van der Waals surface area (Å²) >= 11 is 9.74. The molecule has 0 radical (unpaired) electrons. The zero-order valence-electron chi connectivity index (χ0n) is 14.6. The Labute approximate surface area is 175 Å². The van der Waals surface area contributed by atoms with E-state index in [0.29, 0.717) is 33.4 Å². The van der Waals surface area contributed by atoms with Gasteiger partial charge in [0.25, 0.3) is 0 Å². The van der Waals surface area contributed by atoms with Crippen LogP contribution in [0.4, 0.5) is 0 Å². The molecule has 0 fully saturated rings. The Morgan fingerprint density at radius 3 is 2.39 bits per heavy atom. The lowest BCUT2D eigenvalue weighted by Gasteiger charge is -2.07. The summed E-state index contributed by atoms with van der Waals surface area (Å²) in [6.45, 7) is -0.223. The number of hydrogen-bond donors (Lipinski definition) is 1. The summed E-state index contributed by atoms with van der Waals surface area (Å²) < 4.78 is 12.2. The van der Waals surface area contributed by atoms with Gasteiger partial charge in [-0.05, 0) is 54.6 Å². The van der Waals surface area contributed by atoms with Crippen molar-refractivity contribution in [3.8, 4) is 34.1 Å². The molecule has 4 aromatic rings. The highest BCUT2D eigenvalue weighted by atomic mass is 79.9. The molecule has 1 aromatic heterocycles. The van der Waals surface area contributed by atoms with Crippen molar-refractivity contribution in [2.45, 2.75) is 6.61 Å². The van der Waals surface area contributed by atoms with E-state index >= 15 is 0 Å². The average molecular weight is 457 g/mol.